The number of aromatic carboxylic acids is 1. The lowest BCUT2D eigenvalue weighted by Crippen LogP contribution is -2.24. The van der Waals surface area contributed by atoms with Crippen LogP contribution in [0, 0.1) is 0 Å². The predicted molar refractivity (Wildman–Crippen MR) is 69.5 cm³/mol. The van der Waals surface area contributed by atoms with Crippen molar-refractivity contribution in [3.8, 4) is 0 Å². The van der Waals surface area contributed by atoms with Crippen LogP contribution in [0.2, 0.25) is 0 Å². The van der Waals surface area contributed by atoms with Crippen molar-refractivity contribution in [1.29, 1.82) is 0 Å². The maximum absolute atomic E-state index is 12.0. The Labute approximate surface area is 113 Å². The molecule has 2 rings (SSSR count). The van der Waals surface area contributed by atoms with Crippen molar-refractivity contribution in [2.75, 3.05) is 0 Å². The van der Waals surface area contributed by atoms with E-state index in [-0.39, 0.29) is 16.3 Å². The molecule has 0 saturated carbocycles. The molecule has 0 bridgehead atoms. The Kier molecular flexibility index (Phi) is 3.93. The summed E-state index contributed by atoms with van der Waals surface area (Å²) < 4.78 is 26.4. The Bertz CT molecular complexity index is 680. The summed E-state index contributed by atoms with van der Waals surface area (Å²) in [5.41, 5.74) is 0.693. The quantitative estimate of drug-likeness (QED) is 0.867. The van der Waals surface area contributed by atoms with E-state index in [4.69, 9.17) is 5.11 Å². The number of hydrogen-bond acceptors (Lipinski definition) is 5. The minimum absolute atomic E-state index is 0.0606. The van der Waals surface area contributed by atoms with E-state index in [1.807, 2.05) is 0 Å². The molecule has 2 aromatic heterocycles. The van der Waals surface area contributed by atoms with E-state index in [9.17, 15) is 13.2 Å². The zero-order chi connectivity index (χ0) is 13.9. The fraction of sp³-hybridized carbons (Fsp3) is 0.0909. The Balaban J connectivity index is 2.19. The molecule has 2 N–H and O–H groups in total. The summed E-state index contributed by atoms with van der Waals surface area (Å²) in [7, 11) is -3.84. The molecule has 0 spiro atoms. The second-order valence-corrected chi connectivity index (χ2v) is 6.26. The number of hydrogen-bond donors (Lipinski definition) is 2. The molecule has 100 valence electrons. The van der Waals surface area contributed by atoms with Crippen molar-refractivity contribution in [2.45, 2.75) is 11.4 Å². The van der Waals surface area contributed by atoms with Gasteiger partial charge in [0, 0.05) is 18.9 Å². The van der Waals surface area contributed by atoms with E-state index in [0.29, 0.717) is 5.56 Å². The third-order valence-electron chi connectivity index (χ3n) is 2.30. The van der Waals surface area contributed by atoms with Gasteiger partial charge in [-0.25, -0.2) is 17.9 Å². The third kappa shape index (κ3) is 3.16. The molecule has 0 aromatic carbocycles. The molecule has 0 radical (unpaired) electrons. The van der Waals surface area contributed by atoms with E-state index in [1.165, 1.54) is 17.6 Å². The number of thiophene rings is 1. The van der Waals surface area contributed by atoms with Crippen LogP contribution in [0.4, 0.5) is 0 Å². The molecular weight excluding hydrogens is 288 g/mol. The fourth-order valence-corrected chi connectivity index (χ4v) is 3.70. The van der Waals surface area contributed by atoms with Gasteiger partial charge in [0.05, 0.1) is 0 Å². The number of sulfonamides is 1. The first-order valence-electron chi connectivity index (χ1n) is 5.20. The standard InChI is InChI=1S/C11H10N2O4S2/c14-11(15)10-9(3-5-18-10)19(16,17)13-7-8-2-1-4-12-6-8/h1-6,13H,7H2,(H,14,15). The molecule has 0 amide bonds. The van der Waals surface area contributed by atoms with Crippen LogP contribution in [0.25, 0.3) is 0 Å². The van der Waals surface area contributed by atoms with Crippen LogP contribution >= 0.6 is 11.3 Å². The minimum atomic E-state index is -3.84. The second-order valence-electron chi connectivity index (χ2n) is 3.60. The normalized spacial score (nSPS) is 11.4. The summed E-state index contributed by atoms with van der Waals surface area (Å²) in [4.78, 5) is 14.4. The van der Waals surface area contributed by atoms with Gasteiger partial charge in [0.1, 0.15) is 9.77 Å². The first-order chi connectivity index (χ1) is 9.00. The van der Waals surface area contributed by atoms with Crippen LogP contribution in [0.15, 0.2) is 40.9 Å². The molecule has 6 nitrogen and oxygen atoms in total. The Morgan fingerprint density at radius 2 is 2.21 bits per heavy atom. The van der Waals surface area contributed by atoms with Crippen LogP contribution in [-0.2, 0) is 16.6 Å². The highest BCUT2D eigenvalue weighted by atomic mass is 32.2. The van der Waals surface area contributed by atoms with Crippen LogP contribution in [0.5, 0.6) is 0 Å². The Morgan fingerprint density at radius 1 is 1.42 bits per heavy atom. The number of carboxylic acid groups (broad SMARTS) is 1. The zero-order valence-electron chi connectivity index (χ0n) is 9.61. The monoisotopic (exact) mass is 298 g/mol. The highest BCUT2D eigenvalue weighted by Gasteiger charge is 2.23. The first kappa shape index (κ1) is 13.7. The van der Waals surface area contributed by atoms with Crippen LogP contribution in [0.3, 0.4) is 0 Å². The smallest absolute Gasteiger partial charge is 0.347 e. The van der Waals surface area contributed by atoms with Crippen molar-refractivity contribution in [1.82, 2.24) is 9.71 Å². The molecule has 0 unspecified atom stereocenters. The topological polar surface area (TPSA) is 96.4 Å². The number of carboxylic acids is 1. The summed E-state index contributed by atoms with van der Waals surface area (Å²) in [5.74, 6) is -1.25. The van der Waals surface area contributed by atoms with Gasteiger partial charge < -0.3 is 5.11 Å². The van der Waals surface area contributed by atoms with Gasteiger partial charge in [-0.15, -0.1) is 11.3 Å². The van der Waals surface area contributed by atoms with Crippen LogP contribution in [-0.4, -0.2) is 24.5 Å². The summed E-state index contributed by atoms with van der Waals surface area (Å²) in [6.07, 6.45) is 3.12. The maximum atomic E-state index is 12.0. The van der Waals surface area contributed by atoms with Crippen molar-refractivity contribution in [2.24, 2.45) is 0 Å². The Morgan fingerprint density at radius 3 is 2.84 bits per heavy atom. The molecule has 19 heavy (non-hydrogen) atoms. The Hall–Kier alpha value is -1.77. The minimum Gasteiger partial charge on any atom is -0.477 e. The van der Waals surface area contributed by atoms with E-state index in [2.05, 4.69) is 9.71 Å². The molecule has 0 saturated heterocycles. The lowest BCUT2D eigenvalue weighted by Gasteiger charge is -2.05. The van der Waals surface area contributed by atoms with Crippen molar-refractivity contribution in [3.63, 3.8) is 0 Å². The lowest BCUT2D eigenvalue weighted by atomic mass is 10.3. The fourth-order valence-electron chi connectivity index (χ4n) is 1.42. The largest absolute Gasteiger partial charge is 0.477 e. The van der Waals surface area contributed by atoms with Gasteiger partial charge in [-0.05, 0) is 23.1 Å². The first-order valence-corrected chi connectivity index (χ1v) is 7.56. The van der Waals surface area contributed by atoms with Gasteiger partial charge in [-0.3, -0.25) is 4.98 Å². The third-order valence-corrected chi connectivity index (χ3v) is 4.78. The number of nitrogens with one attached hydrogen (secondary N) is 1. The lowest BCUT2D eigenvalue weighted by molar-refractivity contribution is 0.0698. The predicted octanol–water partition coefficient (Wildman–Crippen LogP) is 1.32. The van der Waals surface area contributed by atoms with E-state index in [1.54, 1.807) is 18.3 Å². The van der Waals surface area contributed by atoms with Gasteiger partial charge in [0.2, 0.25) is 10.0 Å². The zero-order valence-corrected chi connectivity index (χ0v) is 11.2. The number of pyridine rings is 1. The number of aromatic nitrogens is 1. The molecule has 0 fully saturated rings. The van der Waals surface area contributed by atoms with Gasteiger partial charge in [-0.2, -0.15) is 0 Å². The number of rotatable bonds is 5. The van der Waals surface area contributed by atoms with Gasteiger partial charge in [-0.1, -0.05) is 6.07 Å². The average Bonchev–Trinajstić information content (AvgIpc) is 2.88. The summed E-state index contributed by atoms with van der Waals surface area (Å²) >= 11 is 0.875. The van der Waals surface area contributed by atoms with Gasteiger partial charge in [0.15, 0.2) is 0 Å². The van der Waals surface area contributed by atoms with E-state index in [0.717, 1.165) is 11.3 Å². The highest BCUT2D eigenvalue weighted by molar-refractivity contribution is 7.89. The highest BCUT2D eigenvalue weighted by Crippen LogP contribution is 2.21. The summed E-state index contributed by atoms with van der Waals surface area (Å²) in [5, 5.41) is 10.3. The van der Waals surface area contributed by atoms with Crippen molar-refractivity contribution < 1.29 is 18.3 Å². The second kappa shape index (κ2) is 5.47. The molecule has 0 atom stereocenters. The van der Waals surface area contributed by atoms with Crippen molar-refractivity contribution >= 4 is 27.3 Å². The van der Waals surface area contributed by atoms with Crippen LogP contribution in [0.1, 0.15) is 15.2 Å². The molecule has 0 aliphatic carbocycles. The van der Waals surface area contributed by atoms with Gasteiger partial charge >= 0.3 is 5.97 Å². The van der Waals surface area contributed by atoms with Gasteiger partial charge in [0.25, 0.3) is 0 Å². The summed E-state index contributed by atoms with van der Waals surface area (Å²) in [6.45, 7) is 0.0606. The van der Waals surface area contributed by atoms with E-state index < -0.39 is 16.0 Å². The number of carbonyl (C=O) groups is 1. The molecule has 0 aliphatic rings. The van der Waals surface area contributed by atoms with Crippen LogP contribution < -0.4 is 4.72 Å². The summed E-state index contributed by atoms with van der Waals surface area (Å²) in [6, 6.07) is 4.69. The molecule has 8 heteroatoms. The molecule has 0 aliphatic heterocycles. The molecule has 2 heterocycles. The SMILES string of the molecule is O=C(O)c1sccc1S(=O)(=O)NCc1cccnc1. The van der Waals surface area contributed by atoms with E-state index >= 15 is 0 Å². The average molecular weight is 298 g/mol. The maximum Gasteiger partial charge on any atom is 0.347 e. The molecular formula is C11H10N2O4S2. The number of nitrogens with zero attached hydrogens (tertiary/aromatic N) is 1. The molecule has 2 aromatic rings. The van der Waals surface area contributed by atoms with Crippen molar-refractivity contribution in [3.05, 3.63) is 46.4 Å².